The highest BCUT2D eigenvalue weighted by Crippen LogP contribution is 2.33. The van der Waals surface area contributed by atoms with Crippen LogP contribution in [-0.4, -0.2) is 5.78 Å². The van der Waals surface area contributed by atoms with E-state index in [1.165, 1.54) is 0 Å². The van der Waals surface area contributed by atoms with Gasteiger partial charge in [-0.3, -0.25) is 4.79 Å². The smallest absolute Gasteiger partial charge is 0.190 e. The Bertz CT molecular complexity index is 751. The highest BCUT2D eigenvalue weighted by Gasteiger charge is 2.16. The first-order chi connectivity index (χ1) is 10.5. The molecular formula is C17H13Cl2NO2. The molecule has 0 radical (unpaired) electrons. The van der Waals surface area contributed by atoms with Crippen LogP contribution in [0.4, 0.5) is 5.69 Å². The van der Waals surface area contributed by atoms with Crippen molar-refractivity contribution in [1.82, 2.24) is 0 Å². The standard InChI is InChI=1S/C17H13Cl2NO2/c1-10-20-16-3-2-11(8-17(16)22-10)6-15(21)7-12-4-13(18)9-14(19)5-12/h2-5,8-9,20H,1,6-7H2. The van der Waals surface area contributed by atoms with Gasteiger partial charge in [0.1, 0.15) is 5.78 Å². The number of halogens is 2. The molecule has 3 nitrogen and oxygen atoms in total. The molecule has 1 aliphatic rings. The van der Waals surface area contributed by atoms with Crippen LogP contribution in [0.2, 0.25) is 10.0 Å². The number of fused-ring (bicyclic) bond motifs is 1. The predicted molar refractivity (Wildman–Crippen MR) is 88.7 cm³/mol. The molecule has 0 atom stereocenters. The predicted octanol–water partition coefficient (Wildman–Crippen LogP) is 4.62. The van der Waals surface area contributed by atoms with Crippen molar-refractivity contribution in [2.24, 2.45) is 0 Å². The first-order valence-corrected chi connectivity index (χ1v) is 7.48. The van der Waals surface area contributed by atoms with Crippen LogP contribution >= 0.6 is 23.2 Å². The topological polar surface area (TPSA) is 38.3 Å². The van der Waals surface area contributed by atoms with Crippen LogP contribution in [0.15, 0.2) is 48.9 Å². The zero-order valence-electron chi connectivity index (χ0n) is 11.7. The van der Waals surface area contributed by atoms with Gasteiger partial charge in [-0.2, -0.15) is 0 Å². The molecule has 2 aromatic rings. The third kappa shape index (κ3) is 3.43. The second kappa shape index (κ2) is 6.03. The molecule has 3 rings (SSSR count). The van der Waals surface area contributed by atoms with Crippen LogP contribution in [-0.2, 0) is 17.6 Å². The van der Waals surface area contributed by atoms with Crippen molar-refractivity contribution >= 4 is 34.7 Å². The van der Waals surface area contributed by atoms with Crippen LogP contribution in [0.1, 0.15) is 11.1 Å². The second-order valence-electron chi connectivity index (χ2n) is 5.15. The van der Waals surface area contributed by atoms with E-state index in [0.29, 0.717) is 34.5 Å². The van der Waals surface area contributed by atoms with Gasteiger partial charge in [-0.05, 0) is 48.0 Å². The first kappa shape index (κ1) is 14.9. The number of anilines is 1. The van der Waals surface area contributed by atoms with E-state index in [0.717, 1.165) is 16.8 Å². The van der Waals surface area contributed by atoms with E-state index in [-0.39, 0.29) is 5.78 Å². The Morgan fingerprint density at radius 1 is 1.05 bits per heavy atom. The summed E-state index contributed by atoms with van der Waals surface area (Å²) in [6, 6.07) is 10.8. The van der Waals surface area contributed by atoms with Gasteiger partial charge in [-0.1, -0.05) is 29.3 Å². The lowest BCUT2D eigenvalue weighted by molar-refractivity contribution is -0.117. The third-order valence-electron chi connectivity index (χ3n) is 3.28. The number of ketones is 1. The molecule has 2 aromatic carbocycles. The minimum absolute atomic E-state index is 0.0862. The van der Waals surface area contributed by atoms with Crippen molar-refractivity contribution in [3.63, 3.8) is 0 Å². The summed E-state index contributed by atoms with van der Waals surface area (Å²) in [5.74, 6) is 1.27. The van der Waals surface area contributed by atoms with Gasteiger partial charge in [-0.25, -0.2) is 0 Å². The summed E-state index contributed by atoms with van der Waals surface area (Å²) in [4.78, 5) is 12.2. The van der Waals surface area contributed by atoms with Crippen LogP contribution in [0.3, 0.4) is 0 Å². The van der Waals surface area contributed by atoms with E-state index >= 15 is 0 Å². The van der Waals surface area contributed by atoms with Gasteiger partial charge in [0.05, 0.1) is 5.69 Å². The van der Waals surface area contributed by atoms with Crippen molar-refractivity contribution in [2.75, 3.05) is 5.32 Å². The molecule has 1 aliphatic heterocycles. The molecule has 0 aliphatic carbocycles. The van der Waals surface area contributed by atoms with Gasteiger partial charge in [0.25, 0.3) is 0 Å². The molecule has 0 fully saturated rings. The molecule has 0 aromatic heterocycles. The van der Waals surface area contributed by atoms with Gasteiger partial charge in [0.15, 0.2) is 11.6 Å². The summed E-state index contributed by atoms with van der Waals surface area (Å²) in [5, 5.41) is 4.07. The maximum Gasteiger partial charge on any atom is 0.190 e. The van der Waals surface area contributed by atoms with Gasteiger partial charge in [-0.15, -0.1) is 0 Å². The molecule has 22 heavy (non-hydrogen) atoms. The molecule has 0 saturated heterocycles. The average molecular weight is 334 g/mol. The number of hydrogen-bond donors (Lipinski definition) is 1. The lowest BCUT2D eigenvalue weighted by Gasteiger charge is -2.05. The fraction of sp³-hybridized carbons (Fsp3) is 0.118. The fourth-order valence-corrected chi connectivity index (χ4v) is 2.97. The summed E-state index contributed by atoms with van der Waals surface area (Å²) < 4.78 is 5.43. The summed E-state index contributed by atoms with van der Waals surface area (Å²) in [6.45, 7) is 3.71. The Labute approximate surface area is 138 Å². The lowest BCUT2D eigenvalue weighted by atomic mass is 10.0. The quantitative estimate of drug-likeness (QED) is 0.886. The van der Waals surface area contributed by atoms with E-state index in [9.17, 15) is 4.79 Å². The number of benzene rings is 2. The number of rotatable bonds is 4. The normalized spacial score (nSPS) is 12.5. The average Bonchev–Trinajstić information content (AvgIpc) is 2.76. The maximum atomic E-state index is 12.2. The molecule has 1 heterocycles. The molecular weight excluding hydrogens is 321 g/mol. The Morgan fingerprint density at radius 2 is 1.73 bits per heavy atom. The second-order valence-corrected chi connectivity index (χ2v) is 6.02. The molecule has 0 bridgehead atoms. The number of ether oxygens (including phenoxy) is 1. The summed E-state index contributed by atoms with van der Waals surface area (Å²) in [6.07, 6.45) is 0.621. The van der Waals surface area contributed by atoms with Gasteiger partial charge < -0.3 is 10.1 Å². The Balaban J connectivity index is 1.69. The number of carbonyl (C=O) groups excluding carboxylic acids is 1. The minimum Gasteiger partial charge on any atom is -0.440 e. The molecule has 0 unspecified atom stereocenters. The van der Waals surface area contributed by atoms with E-state index in [4.69, 9.17) is 27.9 Å². The molecule has 0 saturated carbocycles. The third-order valence-corrected chi connectivity index (χ3v) is 3.71. The minimum atomic E-state index is 0.0862. The largest absolute Gasteiger partial charge is 0.440 e. The lowest BCUT2D eigenvalue weighted by Crippen LogP contribution is -2.06. The molecule has 5 heteroatoms. The summed E-state index contributed by atoms with van der Waals surface area (Å²) in [5.41, 5.74) is 2.58. The van der Waals surface area contributed by atoms with E-state index in [1.807, 2.05) is 18.2 Å². The number of Topliss-reactive ketones (excluding diaryl/α,β-unsaturated/α-hetero) is 1. The molecule has 0 spiro atoms. The zero-order chi connectivity index (χ0) is 15.7. The Hall–Kier alpha value is -1.97. The van der Waals surface area contributed by atoms with E-state index in [1.54, 1.807) is 18.2 Å². The Morgan fingerprint density at radius 3 is 2.45 bits per heavy atom. The van der Waals surface area contributed by atoms with Crippen molar-refractivity contribution in [3.05, 3.63) is 70.0 Å². The van der Waals surface area contributed by atoms with Crippen LogP contribution in [0.5, 0.6) is 5.75 Å². The van der Waals surface area contributed by atoms with E-state index in [2.05, 4.69) is 11.9 Å². The van der Waals surface area contributed by atoms with Crippen molar-refractivity contribution < 1.29 is 9.53 Å². The fourth-order valence-electron chi connectivity index (χ4n) is 2.40. The number of carbonyl (C=O) groups is 1. The number of nitrogens with one attached hydrogen (secondary N) is 1. The highest BCUT2D eigenvalue weighted by atomic mass is 35.5. The monoisotopic (exact) mass is 333 g/mol. The van der Waals surface area contributed by atoms with Crippen molar-refractivity contribution in [2.45, 2.75) is 12.8 Å². The van der Waals surface area contributed by atoms with Gasteiger partial charge in [0.2, 0.25) is 0 Å². The first-order valence-electron chi connectivity index (χ1n) is 6.73. The van der Waals surface area contributed by atoms with Crippen molar-refractivity contribution in [1.29, 1.82) is 0 Å². The molecule has 0 amide bonds. The maximum absolute atomic E-state index is 12.2. The molecule has 112 valence electrons. The van der Waals surface area contributed by atoms with Gasteiger partial charge in [0, 0.05) is 22.9 Å². The summed E-state index contributed by atoms with van der Waals surface area (Å²) in [7, 11) is 0. The van der Waals surface area contributed by atoms with Crippen LogP contribution in [0.25, 0.3) is 0 Å². The highest BCUT2D eigenvalue weighted by molar-refractivity contribution is 6.34. The zero-order valence-corrected chi connectivity index (χ0v) is 13.2. The van der Waals surface area contributed by atoms with E-state index < -0.39 is 0 Å². The SMILES string of the molecule is C=C1Nc2ccc(CC(=O)Cc3cc(Cl)cc(Cl)c3)cc2O1. The van der Waals surface area contributed by atoms with Crippen LogP contribution < -0.4 is 10.1 Å². The van der Waals surface area contributed by atoms with Crippen molar-refractivity contribution in [3.8, 4) is 5.75 Å². The summed E-state index contributed by atoms with van der Waals surface area (Å²) >= 11 is 11.9. The number of hydrogen-bond acceptors (Lipinski definition) is 3. The molecule has 1 N–H and O–H groups in total. The Kier molecular flexibility index (Phi) is 4.10. The van der Waals surface area contributed by atoms with Gasteiger partial charge >= 0.3 is 0 Å². The van der Waals surface area contributed by atoms with Crippen LogP contribution in [0, 0.1) is 0 Å².